The Hall–Kier alpha value is -2.64. The molecule has 0 amide bonds. The lowest BCUT2D eigenvalue weighted by Crippen LogP contribution is -2.46. The van der Waals surface area contributed by atoms with Crippen LogP contribution in [0.3, 0.4) is 0 Å². The highest BCUT2D eigenvalue weighted by atomic mass is 16.5. The lowest BCUT2D eigenvalue weighted by molar-refractivity contribution is 0.0170. The number of aromatic nitrogens is 1. The van der Waals surface area contributed by atoms with E-state index in [0.717, 1.165) is 57.5 Å². The van der Waals surface area contributed by atoms with Crippen molar-refractivity contribution in [1.82, 2.24) is 20.5 Å². The van der Waals surface area contributed by atoms with E-state index in [1.807, 2.05) is 31.6 Å². The number of hydrogen-bond acceptors (Lipinski definition) is 5. The summed E-state index contributed by atoms with van der Waals surface area (Å²) in [6.45, 7) is 7.06. The Balaban J connectivity index is 1.59. The molecule has 0 aliphatic carbocycles. The van der Waals surface area contributed by atoms with E-state index >= 15 is 0 Å². The number of nitrogens with one attached hydrogen (secondary N) is 2. The first kappa shape index (κ1) is 22.1. The molecule has 30 heavy (non-hydrogen) atoms. The summed E-state index contributed by atoms with van der Waals surface area (Å²) >= 11 is 0. The molecule has 1 aliphatic heterocycles. The number of rotatable bonds is 8. The number of guanidine groups is 1. The quantitative estimate of drug-likeness (QED) is 0.513. The molecule has 1 aromatic heterocycles. The fourth-order valence-corrected chi connectivity index (χ4v) is 3.69. The van der Waals surface area contributed by atoms with E-state index in [2.05, 4.69) is 50.6 Å². The van der Waals surface area contributed by atoms with Gasteiger partial charge in [-0.3, -0.25) is 14.9 Å². The van der Waals surface area contributed by atoms with Crippen LogP contribution >= 0.6 is 0 Å². The topological polar surface area (TPSA) is 71.0 Å². The SMILES string of the molecule is CN=C(NCCc1ccncc1C)NCC(c1ccc(OC)cc1)N1CCOCC1. The van der Waals surface area contributed by atoms with Crippen LogP contribution in [0.15, 0.2) is 47.7 Å². The largest absolute Gasteiger partial charge is 0.497 e. The van der Waals surface area contributed by atoms with Gasteiger partial charge in [0.05, 0.1) is 26.4 Å². The third kappa shape index (κ3) is 6.18. The van der Waals surface area contributed by atoms with Crippen LogP contribution in [0.5, 0.6) is 5.75 Å². The first-order valence-electron chi connectivity index (χ1n) is 10.5. The lowest BCUT2D eigenvalue weighted by atomic mass is 10.0. The second kappa shape index (κ2) is 11.5. The predicted octanol–water partition coefficient (Wildman–Crippen LogP) is 2.18. The zero-order chi connectivity index (χ0) is 21.2. The average molecular weight is 412 g/mol. The minimum absolute atomic E-state index is 0.237. The molecule has 1 saturated heterocycles. The highest BCUT2D eigenvalue weighted by Crippen LogP contribution is 2.23. The number of hydrogen-bond donors (Lipinski definition) is 2. The molecule has 1 aromatic carbocycles. The standard InChI is InChI=1S/C23H33N5O2/c1-18-16-25-10-8-19(18)9-11-26-23(24-2)27-17-22(28-12-14-30-15-13-28)20-4-6-21(29-3)7-5-20/h4-8,10,16,22H,9,11-15,17H2,1-3H3,(H2,24,26,27). The summed E-state index contributed by atoms with van der Waals surface area (Å²) in [6, 6.07) is 10.6. The number of nitrogens with zero attached hydrogens (tertiary/aromatic N) is 3. The maximum absolute atomic E-state index is 5.55. The second-order valence-electron chi connectivity index (χ2n) is 7.37. The lowest BCUT2D eigenvalue weighted by Gasteiger charge is -2.35. The van der Waals surface area contributed by atoms with Gasteiger partial charge in [-0.05, 0) is 48.2 Å². The summed E-state index contributed by atoms with van der Waals surface area (Å²) in [6.07, 6.45) is 4.68. The Bertz CT molecular complexity index is 803. The Kier molecular flexibility index (Phi) is 8.47. The van der Waals surface area contributed by atoms with Gasteiger partial charge in [0.25, 0.3) is 0 Å². The normalized spacial score (nSPS) is 16.2. The predicted molar refractivity (Wildman–Crippen MR) is 120 cm³/mol. The van der Waals surface area contributed by atoms with Crippen LogP contribution in [0, 0.1) is 6.92 Å². The molecule has 1 fully saturated rings. The third-order valence-electron chi connectivity index (χ3n) is 5.50. The first-order chi connectivity index (χ1) is 14.7. The third-order valence-corrected chi connectivity index (χ3v) is 5.50. The van der Waals surface area contributed by atoms with Crippen LogP contribution in [0.1, 0.15) is 22.7 Å². The number of morpholine rings is 1. The van der Waals surface area contributed by atoms with Gasteiger partial charge in [0.1, 0.15) is 5.75 Å². The maximum atomic E-state index is 5.55. The summed E-state index contributed by atoms with van der Waals surface area (Å²) in [4.78, 5) is 11.0. The maximum Gasteiger partial charge on any atom is 0.191 e. The molecule has 0 spiro atoms. The molecule has 2 N–H and O–H groups in total. The van der Waals surface area contributed by atoms with Crippen molar-refractivity contribution in [2.75, 3.05) is 53.6 Å². The highest BCUT2D eigenvalue weighted by molar-refractivity contribution is 5.79. The van der Waals surface area contributed by atoms with Gasteiger partial charge in [-0.1, -0.05) is 12.1 Å². The Labute approximate surface area is 179 Å². The first-order valence-corrected chi connectivity index (χ1v) is 10.5. The van der Waals surface area contributed by atoms with Gasteiger partial charge in [0, 0.05) is 45.6 Å². The van der Waals surface area contributed by atoms with Crippen LogP contribution in [0.4, 0.5) is 0 Å². The molecule has 7 heteroatoms. The van der Waals surface area contributed by atoms with E-state index < -0.39 is 0 Å². The summed E-state index contributed by atoms with van der Waals surface area (Å²) in [5.41, 5.74) is 3.78. The smallest absolute Gasteiger partial charge is 0.191 e. The molecule has 2 heterocycles. The molecular weight excluding hydrogens is 378 g/mol. The molecule has 1 atom stereocenters. The summed E-state index contributed by atoms with van der Waals surface area (Å²) in [5.74, 6) is 1.68. The van der Waals surface area contributed by atoms with E-state index in [1.165, 1.54) is 16.7 Å². The van der Waals surface area contributed by atoms with Crippen molar-refractivity contribution in [3.8, 4) is 5.75 Å². The molecule has 0 bridgehead atoms. The zero-order valence-electron chi connectivity index (χ0n) is 18.2. The Morgan fingerprint density at radius 1 is 1.20 bits per heavy atom. The van der Waals surface area contributed by atoms with Crippen LogP contribution in [0.25, 0.3) is 0 Å². The van der Waals surface area contributed by atoms with E-state index in [-0.39, 0.29) is 6.04 Å². The van der Waals surface area contributed by atoms with Crippen LogP contribution < -0.4 is 15.4 Å². The van der Waals surface area contributed by atoms with Crippen molar-refractivity contribution in [3.05, 3.63) is 59.4 Å². The van der Waals surface area contributed by atoms with Crippen LogP contribution in [-0.2, 0) is 11.2 Å². The molecule has 2 aromatic rings. The van der Waals surface area contributed by atoms with Crippen molar-refractivity contribution < 1.29 is 9.47 Å². The van der Waals surface area contributed by atoms with E-state index in [9.17, 15) is 0 Å². The van der Waals surface area contributed by atoms with E-state index in [4.69, 9.17) is 9.47 Å². The molecule has 162 valence electrons. The number of methoxy groups -OCH3 is 1. The van der Waals surface area contributed by atoms with Gasteiger partial charge in [-0.2, -0.15) is 0 Å². The summed E-state index contributed by atoms with van der Waals surface area (Å²) < 4.78 is 10.9. The molecule has 1 aliphatic rings. The number of ether oxygens (including phenoxy) is 2. The van der Waals surface area contributed by atoms with Gasteiger partial charge < -0.3 is 20.1 Å². The van der Waals surface area contributed by atoms with E-state index in [0.29, 0.717) is 0 Å². The van der Waals surface area contributed by atoms with Gasteiger partial charge >= 0.3 is 0 Å². The molecular formula is C23H33N5O2. The van der Waals surface area contributed by atoms with Gasteiger partial charge in [0.2, 0.25) is 0 Å². The number of aryl methyl sites for hydroxylation is 1. The van der Waals surface area contributed by atoms with Gasteiger partial charge in [-0.25, -0.2) is 0 Å². The second-order valence-corrected chi connectivity index (χ2v) is 7.37. The molecule has 1 unspecified atom stereocenters. The van der Waals surface area contributed by atoms with Crippen molar-refractivity contribution in [1.29, 1.82) is 0 Å². The molecule has 0 saturated carbocycles. The van der Waals surface area contributed by atoms with Crippen molar-refractivity contribution in [2.45, 2.75) is 19.4 Å². The van der Waals surface area contributed by atoms with Crippen molar-refractivity contribution in [2.24, 2.45) is 4.99 Å². The minimum Gasteiger partial charge on any atom is -0.497 e. The van der Waals surface area contributed by atoms with Gasteiger partial charge in [-0.15, -0.1) is 0 Å². The molecule has 3 rings (SSSR count). The highest BCUT2D eigenvalue weighted by Gasteiger charge is 2.23. The van der Waals surface area contributed by atoms with Crippen LogP contribution in [-0.4, -0.2) is 69.4 Å². The number of aliphatic imine (C=N–C) groups is 1. The molecule has 7 nitrogen and oxygen atoms in total. The Morgan fingerprint density at radius 3 is 2.63 bits per heavy atom. The summed E-state index contributed by atoms with van der Waals surface area (Å²) in [5, 5.41) is 6.94. The van der Waals surface area contributed by atoms with Crippen molar-refractivity contribution in [3.63, 3.8) is 0 Å². The summed E-state index contributed by atoms with van der Waals surface area (Å²) in [7, 11) is 3.50. The number of benzene rings is 1. The van der Waals surface area contributed by atoms with Crippen LogP contribution in [0.2, 0.25) is 0 Å². The molecule has 0 radical (unpaired) electrons. The Morgan fingerprint density at radius 2 is 1.97 bits per heavy atom. The minimum atomic E-state index is 0.237. The van der Waals surface area contributed by atoms with Gasteiger partial charge in [0.15, 0.2) is 5.96 Å². The van der Waals surface area contributed by atoms with E-state index in [1.54, 1.807) is 7.11 Å². The zero-order valence-corrected chi connectivity index (χ0v) is 18.2. The average Bonchev–Trinajstić information content (AvgIpc) is 2.80. The monoisotopic (exact) mass is 411 g/mol. The fourth-order valence-electron chi connectivity index (χ4n) is 3.69. The number of pyridine rings is 1. The van der Waals surface area contributed by atoms with Crippen molar-refractivity contribution >= 4 is 5.96 Å². The fraction of sp³-hybridized carbons (Fsp3) is 0.478.